The molecule has 142 valence electrons. The smallest absolute Gasteiger partial charge is 0.276 e. The van der Waals surface area contributed by atoms with Crippen LogP contribution in [-0.2, 0) is 12.8 Å². The van der Waals surface area contributed by atoms with Crippen LogP contribution in [-0.4, -0.2) is 35.7 Å². The molecule has 0 unspecified atom stereocenters. The van der Waals surface area contributed by atoms with Gasteiger partial charge in [0, 0.05) is 18.5 Å². The van der Waals surface area contributed by atoms with E-state index in [-0.39, 0.29) is 11.9 Å². The SMILES string of the molecule is O=C(c1noc2c1CCCCC2)N1CCC[C@@H]1c1ccc2c(c1)OCCO2. The van der Waals surface area contributed by atoms with Crippen LogP contribution in [0.3, 0.4) is 0 Å². The fraction of sp³-hybridized carbons (Fsp3) is 0.524. The molecule has 1 aromatic heterocycles. The fourth-order valence-electron chi connectivity index (χ4n) is 4.49. The summed E-state index contributed by atoms with van der Waals surface area (Å²) in [5, 5.41) is 4.17. The highest BCUT2D eigenvalue weighted by molar-refractivity contribution is 5.94. The van der Waals surface area contributed by atoms with Gasteiger partial charge >= 0.3 is 0 Å². The lowest BCUT2D eigenvalue weighted by Crippen LogP contribution is -2.31. The Bertz CT molecular complexity index is 860. The number of ether oxygens (including phenoxy) is 2. The van der Waals surface area contributed by atoms with Gasteiger partial charge in [0.25, 0.3) is 5.91 Å². The van der Waals surface area contributed by atoms with Gasteiger partial charge in [-0.3, -0.25) is 4.79 Å². The summed E-state index contributed by atoms with van der Waals surface area (Å²) < 4.78 is 16.9. The molecule has 0 spiro atoms. The lowest BCUT2D eigenvalue weighted by molar-refractivity contribution is 0.0723. The monoisotopic (exact) mass is 368 g/mol. The molecule has 2 aliphatic heterocycles. The van der Waals surface area contributed by atoms with Gasteiger partial charge in [0.15, 0.2) is 17.2 Å². The van der Waals surface area contributed by atoms with E-state index in [4.69, 9.17) is 14.0 Å². The molecule has 0 bridgehead atoms. The van der Waals surface area contributed by atoms with E-state index in [1.165, 1.54) is 6.42 Å². The molecule has 1 aliphatic carbocycles. The van der Waals surface area contributed by atoms with Crippen LogP contribution in [0.15, 0.2) is 22.7 Å². The van der Waals surface area contributed by atoms with E-state index in [0.717, 1.165) is 73.5 Å². The van der Waals surface area contributed by atoms with Crippen molar-refractivity contribution in [2.45, 2.75) is 51.0 Å². The molecule has 5 rings (SSSR count). The first-order chi connectivity index (χ1) is 13.3. The van der Waals surface area contributed by atoms with Crippen LogP contribution in [0.25, 0.3) is 0 Å². The van der Waals surface area contributed by atoms with Crippen molar-refractivity contribution in [3.05, 3.63) is 40.8 Å². The molecule has 0 N–H and O–H groups in total. The van der Waals surface area contributed by atoms with E-state index in [1.54, 1.807) is 0 Å². The summed E-state index contributed by atoms with van der Waals surface area (Å²) in [5.41, 5.74) is 2.65. The average Bonchev–Trinajstić information content (AvgIpc) is 3.29. The van der Waals surface area contributed by atoms with E-state index in [0.29, 0.717) is 18.9 Å². The van der Waals surface area contributed by atoms with Crippen LogP contribution >= 0.6 is 0 Å². The van der Waals surface area contributed by atoms with E-state index >= 15 is 0 Å². The van der Waals surface area contributed by atoms with E-state index in [2.05, 4.69) is 5.16 Å². The number of hydrogen-bond donors (Lipinski definition) is 0. The third-order valence-electron chi connectivity index (χ3n) is 5.87. The first-order valence-corrected chi connectivity index (χ1v) is 9.99. The van der Waals surface area contributed by atoms with Crippen molar-refractivity contribution in [3.63, 3.8) is 0 Å². The molecule has 3 heterocycles. The van der Waals surface area contributed by atoms with Gasteiger partial charge in [-0.2, -0.15) is 0 Å². The van der Waals surface area contributed by atoms with Crippen molar-refractivity contribution in [2.24, 2.45) is 0 Å². The fourth-order valence-corrected chi connectivity index (χ4v) is 4.49. The molecular formula is C21H24N2O4. The number of amides is 1. The summed E-state index contributed by atoms with van der Waals surface area (Å²) in [5.74, 6) is 2.46. The Morgan fingerprint density at radius 1 is 1.04 bits per heavy atom. The minimum atomic E-state index is -0.000658. The molecule has 6 nitrogen and oxygen atoms in total. The summed E-state index contributed by atoms with van der Waals surface area (Å²) in [6.07, 6.45) is 7.11. The molecule has 1 amide bonds. The van der Waals surface area contributed by atoms with Gasteiger partial charge in [0.05, 0.1) is 6.04 Å². The van der Waals surface area contributed by atoms with Crippen molar-refractivity contribution in [2.75, 3.05) is 19.8 Å². The number of likely N-dealkylation sites (tertiary alicyclic amines) is 1. The Morgan fingerprint density at radius 2 is 1.89 bits per heavy atom. The maximum Gasteiger partial charge on any atom is 0.276 e. The van der Waals surface area contributed by atoms with Crippen molar-refractivity contribution in [1.29, 1.82) is 0 Å². The Kier molecular flexibility index (Phi) is 4.26. The van der Waals surface area contributed by atoms with E-state index in [1.807, 2.05) is 23.1 Å². The van der Waals surface area contributed by atoms with Crippen LogP contribution in [0, 0.1) is 0 Å². The number of rotatable bonds is 2. The second kappa shape index (κ2) is 6.91. The molecular weight excluding hydrogens is 344 g/mol. The molecule has 0 radical (unpaired) electrons. The second-order valence-corrected chi connectivity index (χ2v) is 7.55. The van der Waals surface area contributed by atoms with Gasteiger partial charge in [0.2, 0.25) is 0 Å². The van der Waals surface area contributed by atoms with Crippen LogP contribution in [0.1, 0.15) is 65.5 Å². The van der Waals surface area contributed by atoms with Crippen molar-refractivity contribution >= 4 is 5.91 Å². The molecule has 2 aromatic rings. The molecule has 0 saturated carbocycles. The highest BCUT2D eigenvalue weighted by Crippen LogP contribution is 2.39. The quantitative estimate of drug-likeness (QED) is 0.757. The van der Waals surface area contributed by atoms with Gasteiger partial charge in [-0.25, -0.2) is 0 Å². The molecule has 1 aromatic carbocycles. The lowest BCUT2D eigenvalue weighted by Gasteiger charge is -2.26. The summed E-state index contributed by atoms with van der Waals surface area (Å²) in [7, 11) is 0. The number of carbonyl (C=O) groups excluding carboxylic acids is 1. The van der Waals surface area contributed by atoms with Crippen LogP contribution in [0.5, 0.6) is 11.5 Å². The third kappa shape index (κ3) is 2.97. The normalized spacial score (nSPS) is 21.6. The molecule has 1 fully saturated rings. The highest BCUT2D eigenvalue weighted by atomic mass is 16.6. The van der Waals surface area contributed by atoms with Crippen molar-refractivity contribution < 1.29 is 18.8 Å². The van der Waals surface area contributed by atoms with Gasteiger partial charge in [0.1, 0.15) is 19.0 Å². The predicted molar refractivity (Wildman–Crippen MR) is 98.2 cm³/mol. The van der Waals surface area contributed by atoms with Gasteiger partial charge in [-0.1, -0.05) is 17.6 Å². The average molecular weight is 368 g/mol. The predicted octanol–water partition coefficient (Wildman–Crippen LogP) is 3.69. The van der Waals surface area contributed by atoms with E-state index in [9.17, 15) is 4.79 Å². The first kappa shape index (κ1) is 16.7. The summed E-state index contributed by atoms with van der Waals surface area (Å²) >= 11 is 0. The van der Waals surface area contributed by atoms with Crippen molar-refractivity contribution in [3.8, 4) is 11.5 Å². The highest BCUT2D eigenvalue weighted by Gasteiger charge is 2.35. The van der Waals surface area contributed by atoms with Crippen LogP contribution in [0.2, 0.25) is 0 Å². The second-order valence-electron chi connectivity index (χ2n) is 7.55. The number of benzene rings is 1. The van der Waals surface area contributed by atoms with Crippen LogP contribution < -0.4 is 9.47 Å². The standard InChI is InChI=1S/C21H24N2O4/c24-21(20-15-5-2-1-3-7-17(15)27-22-20)23-10-4-6-16(23)14-8-9-18-19(13-14)26-12-11-25-18/h8-9,13,16H,1-7,10-12H2/t16-/m1/s1. The van der Waals surface area contributed by atoms with Gasteiger partial charge < -0.3 is 18.9 Å². The number of aryl methyl sites for hydroxylation is 1. The number of hydrogen-bond acceptors (Lipinski definition) is 5. The largest absolute Gasteiger partial charge is 0.486 e. The van der Waals surface area contributed by atoms with Gasteiger partial charge in [-0.15, -0.1) is 0 Å². The zero-order valence-corrected chi connectivity index (χ0v) is 15.4. The third-order valence-corrected chi connectivity index (χ3v) is 5.87. The number of fused-ring (bicyclic) bond motifs is 2. The zero-order chi connectivity index (χ0) is 18.2. The Labute approximate surface area is 158 Å². The summed E-state index contributed by atoms with van der Waals surface area (Å²) in [4.78, 5) is 15.3. The summed E-state index contributed by atoms with van der Waals surface area (Å²) in [6.45, 7) is 1.89. The lowest BCUT2D eigenvalue weighted by atomic mass is 10.0. The Hall–Kier alpha value is -2.50. The molecule has 6 heteroatoms. The molecule has 1 saturated heterocycles. The summed E-state index contributed by atoms with van der Waals surface area (Å²) in [6, 6.07) is 6.07. The number of aromatic nitrogens is 1. The number of carbonyl (C=O) groups is 1. The van der Waals surface area contributed by atoms with E-state index < -0.39 is 0 Å². The molecule has 3 aliphatic rings. The topological polar surface area (TPSA) is 64.8 Å². The minimum absolute atomic E-state index is 0.000658. The molecule has 27 heavy (non-hydrogen) atoms. The maximum atomic E-state index is 13.3. The van der Waals surface area contributed by atoms with Crippen LogP contribution in [0.4, 0.5) is 0 Å². The first-order valence-electron chi connectivity index (χ1n) is 9.99. The number of nitrogens with zero attached hydrogens (tertiary/aromatic N) is 2. The zero-order valence-electron chi connectivity index (χ0n) is 15.4. The minimum Gasteiger partial charge on any atom is -0.486 e. The van der Waals surface area contributed by atoms with Gasteiger partial charge in [-0.05, 0) is 49.8 Å². The maximum absolute atomic E-state index is 13.3. The van der Waals surface area contributed by atoms with Crippen molar-refractivity contribution in [1.82, 2.24) is 10.1 Å². The Balaban J connectivity index is 1.43. The molecule has 1 atom stereocenters. The Morgan fingerprint density at radius 3 is 2.81 bits per heavy atom.